The fourth-order valence-corrected chi connectivity index (χ4v) is 5.81. The molecular weight excluding hydrogens is 398 g/mol. The van der Waals surface area contributed by atoms with Crippen molar-refractivity contribution in [1.29, 1.82) is 0 Å². The van der Waals surface area contributed by atoms with Gasteiger partial charge in [0.1, 0.15) is 0 Å². The van der Waals surface area contributed by atoms with Crippen LogP contribution in [-0.4, -0.2) is 56.3 Å². The van der Waals surface area contributed by atoms with Gasteiger partial charge >= 0.3 is 0 Å². The molecule has 160 valence electrons. The molecule has 2 aromatic carbocycles. The van der Waals surface area contributed by atoms with Crippen molar-refractivity contribution in [2.24, 2.45) is 0 Å². The summed E-state index contributed by atoms with van der Waals surface area (Å²) in [5, 5.41) is 2.96. The van der Waals surface area contributed by atoms with Gasteiger partial charge in [-0.2, -0.15) is 4.31 Å². The van der Waals surface area contributed by atoms with E-state index >= 15 is 0 Å². The number of hydrogen-bond acceptors (Lipinski definition) is 4. The first kappa shape index (κ1) is 21.0. The Morgan fingerprint density at radius 3 is 2.43 bits per heavy atom. The highest BCUT2D eigenvalue weighted by molar-refractivity contribution is 7.89. The highest BCUT2D eigenvalue weighted by Crippen LogP contribution is 2.26. The predicted octanol–water partition coefficient (Wildman–Crippen LogP) is 2.74. The van der Waals surface area contributed by atoms with E-state index in [0.29, 0.717) is 31.1 Å². The average Bonchev–Trinajstić information content (AvgIpc) is 3.18. The third-order valence-corrected chi connectivity index (χ3v) is 7.96. The van der Waals surface area contributed by atoms with Crippen molar-refractivity contribution in [1.82, 2.24) is 9.21 Å². The normalized spacial score (nSPS) is 17.7. The van der Waals surface area contributed by atoms with Crippen LogP contribution in [0.3, 0.4) is 0 Å². The van der Waals surface area contributed by atoms with Crippen LogP contribution in [0, 0.1) is 13.8 Å². The molecule has 0 spiro atoms. The Morgan fingerprint density at radius 1 is 0.967 bits per heavy atom. The quantitative estimate of drug-likeness (QED) is 0.797. The van der Waals surface area contributed by atoms with Crippen molar-refractivity contribution in [3.8, 4) is 0 Å². The molecule has 30 heavy (non-hydrogen) atoms. The Balaban J connectivity index is 1.33. The number of anilines is 1. The molecule has 0 atom stereocenters. The fourth-order valence-electron chi connectivity index (χ4n) is 4.33. The van der Waals surface area contributed by atoms with Crippen LogP contribution >= 0.6 is 0 Å². The molecule has 2 aliphatic rings. The minimum absolute atomic E-state index is 0.0723. The first-order valence-corrected chi connectivity index (χ1v) is 12.0. The minimum Gasteiger partial charge on any atom is -0.325 e. The molecule has 6 nitrogen and oxygen atoms in total. The number of sulfonamides is 1. The van der Waals surface area contributed by atoms with Crippen molar-refractivity contribution in [3.63, 3.8) is 0 Å². The molecule has 2 aromatic rings. The van der Waals surface area contributed by atoms with Crippen LogP contribution in [0.15, 0.2) is 41.3 Å². The van der Waals surface area contributed by atoms with Gasteiger partial charge in [-0.1, -0.05) is 23.8 Å². The van der Waals surface area contributed by atoms with E-state index in [2.05, 4.69) is 5.32 Å². The maximum atomic E-state index is 13.1. The summed E-state index contributed by atoms with van der Waals surface area (Å²) in [6.07, 6.45) is 3.10. The molecule has 1 amide bonds. The SMILES string of the molecule is Cc1ccc(NC(=O)CN2CCN(S(=O)(=O)c3ccc4c(c3)CCC4)CC2)c(C)c1. The Bertz CT molecular complexity index is 1060. The van der Waals surface area contributed by atoms with Gasteiger partial charge < -0.3 is 5.32 Å². The number of amides is 1. The molecule has 1 heterocycles. The van der Waals surface area contributed by atoms with Gasteiger partial charge in [-0.05, 0) is 68.0 Å². The fraction of sp³-hybridized carbons (Fsp3) is 0.435. The second-order valence-corrected chi connectivity index (χ2v) is 10.3. The summed E-state index contributed by atoms with van der Waals surface area (Å²) >= 11 is 0. The molecular formula is C23H29N3O3S. The summed E-state index contributed by atoms with van der Waals surface area (Å²) in [4.78, 5) is 14.8. The summed E-state index contributed by atoms with van der Waals surface area (Å²) in [7, 11) is -3.49. The zero-order valence-corrected chi connectivity index (χ0v) is 18.5. The highest BCUT2D eigenvalue weighted by Gasteiger charge is 2.30. The van der Waals surface area contributed by atoms with Crippen LogP contribution in [0.4, 0.5) is 5.69 Å². The van der Waals surface area contributed by atoms with Crippen molar-refractivity contribution < 1.29 is 13.2 Å². The number of rotatable bonds is 5. The van der Waals surface area contributed by atoms with E-state index in [4.69, 9.17) is 0 Å². The molecule has 0 unspecified atom stereocenters. The number of aryl methyl sites for hydroxylation is 4. The Labute approximate surface area is 178 Å². The largest absolute Gasteiger partial charge is 0.325 e. The van der Waals surface area contributed by atoms with Gasteiger partial charge in [0.05, 0.1) is 11.4 Å². The van der Waals surface area contributed by atoms with Gasteiger partial charge in [0.25, 0.3) is 0 Å². The molecule has 0 aromatic heterocycles. The standard InChI is InChI=1S/C23H29N3O3S/c1-17-6-9-22(18(2)14-17)24-23(27)16-25-10-12-26(13-11-25)30(28,29)21-8-7-19-4-3-5-20(19)15-21/h6-9,14-15H,3-5,10-13,16H2,1-2H3,(H,24,27). The molecule has 7 heteroatoms. The van der Waals surface area contributed by atoms with Crippen LogP contribution in [0.5, 0.6) is 0 Å². The molecule has 1 N–H and O–H groups in total. The second-order valence-electron chi connectivity index (χ2n) is 8.33. The molecule has 0 radical (unpaired) electrons. The lowest BCUT2D eigenvalue weighted by Gasteiger charge is -2.33. The number of hydrogen-bond donors (Lipinski definition) is 1. The van der Waals surface area contributed by atoms with Crippen molar-refractivity contribution in [2.75, 3.05) is 38.0 Å². The zero-order valence-electron chi connectivity index (χ0n) is 17.6. The first-order chi connectivity index (χ1) is 14.3. The summed E-state index contributed by atoms with van der Waals surface area (Å²) in [6, 6.07) is 11.5. The third kappa shape index (κ3) is 4.43. The summed E-state index contributed by atoms with van der Waals surface area (Å²) in [5.41, 5.74) is 5.45. The number of nitrogens with zero attached hydrogens (tertiary/aromatic N) is 2. The van der Waals surface area contributed by atoms with Gasteiger partial charge in [-0.25, -0.2) is 8.42 Å². The molecule has 4 rings (SSSR count). The number of piperazine rings is 1. The lowest BCUT2D eigenvalue weighted by Crippen LogP contribution is -2.50. The molecule has 0 bridgehead atoms. The van der Waals surface area contributed by atoms with Crippen molar-refractivity contribution in [3.05, 3.63) is 58.7 Å². The van der Waals surface area contributed by atoms with Crippen LogP contribution in [0.2, 0.25) is 0 Å². The van der Waals surface area contributed by atoms with E-state index in [1.807, 2.05) is 49.1 Å². The topological polar surface area (TPSA) is 69.7 Å². The van der Waals surface area contributed by atoms with Crippen molar-refractivity contribution >= 4 is 21.6 Å². The second kappa shape index (κ2) is 8.49. The van der Waals surface area contributed by atoms with Gasteiger partial charge in [0.15, 0.2) is 0 Å². The molecule has 1 saturated heterocycles. The predicted molar refractivity (Wildman–Crippen MR) is 118 cm³/mol. The lowest BCUT2D eigenvalue weighted by molar-refractivity contribution is -0.117. The Hall–Kier alpha value is -2.22. The van der Waals surface area contributed by atoms with E-state index in [0.717, 1.165) is 41.6 Å². The number of nitrogens with one attached hydrogen (secondary N) is 1. The number of carbonyl (C=O) groups excluding carboxylic acids is 1. The van der Waals surface area contributed by atoms with Crippen LogP contribution in [-0.2, 0) is 27.7 Å². The van der Waals surface area contributed by atoms with Crippen LogP contribution < -0.4 is 5.32 Å². The van der Waals surface area contributed by atoms with Gasteiger partial charge in [0.2, 0.25) is 15.9 Å². The smallest absolute Gasteiger partial charge is 0.243 e. The third-order valence-electron chi connectivity index (χ3n) is 6.06. The zero-order chi connectivity index (χ0) is 21.3. The van der Waals surface area contributed by atoms with E-state index in [1.165, 1.54) is 5.56 Å². The summed E-state index contributed by atoms with van der Waals surface area (Å²) in [5.74, 6) is -0.0723. The highest BCUT2D eigenvalue weighted by atomic mass is 32.2. The van der Waals surface area contributed by atoms with Crippen LogP contribution in [0.25, 0.3) is 0 Å². The van der Waals surface area contributed by atoms with Crippen LogP contribution in [0.1, 0.15) is 28.7 Å². The monoisotopic (exact) mass is 427 g/mol. The summed E-state index contributed by atoms with van der Waals surface area (Å²) in [6.45, 7) is 6.15. The number of carbonyl (C=O) groups is 1. The molecule has 1 aliphatic heterocycles. The Kier molecular flexibility index (Phi) is 5.95. The lowest BCUT2D eigenvalue weighted by atomic mass is 10.1. The number of benzene rings is 2. The van der Waals surface area contributed by atoms with Gasteiger partial charge in [-0.3, -0.25) is 9.69 Å². The average molecular weight is 428 g/mol. The Morgan fingerprint density at radius 2 is 1.70 bits per heavy atom. The molecule has 0 saturated carbocycles. The van der Waals surface area contributed by atoms with E-state index < -0.39 is 10.0 Å². The maximum absolute atomic E-state index is 13.1. The minimum atomic E-state index is -3.49. The first-order valence-electron chi connectivity index (χ1n) is 10.5. The van der Waals surface area contributed by atoms with Gasteiger partial charge in [-0.15, -0.1) is 0 Å². The van der Waals surface area contributed by atoms with E-state index in [-0.39, 0.29) is 12.5 Å². The molecule has 1 aliphatic carbocycles. The van der Waals surface area contributed by atoms with Gasteiger partial charge in [0, 0.05) is 31.9 Å². The number of fused-ring (bicyclic) bond motifs is 1. The van der Waals surface area contributed by atoms with E-state index in [1.54, 1.807) is 10.4 Å². The summed E-state index contributed by atoms with van der Waals surface area (Å²) < 4.78 is 27.6. The van der Waals surface area contributed by atoms with Crippen molar-refractivity contribution in [2.45, 2.75) is 38.0 Å². The molecule has 1 fully saturated rings. The maximum Gasteiger partial charge on any atom is 0.243 e. The van der Waals surface area contributed by atoms with E-state index in [9.17, 15) is 13.2 Å².